The summed E-state index contributed by atoms with van der Waals surface area (Å²) in [6.45, 7) is 4.37. The van der Waals surface area contributed by atoms with Gasteiger partial charge in [0.25, 0.3) is 0 Å². The molecule has 2 aromatic carbocycles. The van der Waals surface area contributed by atoms with Crippen molar-refractivity contribution in [1.29, 1.82) is 0 Å². The van der Waals surface area contributed by atoms with Crippen LogP contribution in [0.1, 0.15) is 48.9 Å². The zero-order valence-electron chi connectivity index (χ0n) is 11.7. The van der Waals surface area contributed by atoms with Crippen LogP contribution in [0.25, 0.3) is 0 Å². The summed E-state index contributed by atoms with van der Waals surface area (Å²) in [5.74, 6) is 0.244. The van der Waals surface area contributed by atoms with Crippen molar-refractivity contribution in [3.8, 4) is 0 Å². The Morgan fingerprint density at radius 1 is 1.10 bits per heavy atom. The molecule has 2 atom stereocenters. The molecule has 0 heterocycles. The van der Waals surface area contributed by atoms with Gasteiger partial charge in [0.15, 0.2) is 0 Å². The molecule has 3 heteroatoms. The van der Waals surface area contributed by atoms with Gasteiger partial charge < -0.3 is 5.73 Å². The van der Waals surface area contributed by atoms with Crippen LogP contribution >= 0.6 is 15.9 Å². The van der Waals surface area contributed by atoms with Crippen molar-refractivity contribution in [2.24, 2.45) is 5.73 Å². The number of nitrogens with two attached hydrogens (primary N) is 1. The van der Waals surface area contributed by atoms with E-state index in [9.17, 15) is 4.39 Å². The Morgan fingerprint density at radius 2 is 1.70 bits per heavy atom. The zero-order valence-corrected chi connectivity index (χ0v) is 13.3. The molecule has 0 amide bonds. The van der Waals surface area contributed by atoms with Gasteiger partial charge in [0.2, 0.25) is 0 Å². The highest BCUT2D eigenvalue weighted by Gasteiger charge is 2.15. The second-order valence-corrected chi connectivity index (χ2v) is 5.95. The molecular formula is C17H19BrFN. The van der Waals surface area contributed by atoms with Crippen molar-refractivity contribution in [3.05, 3.63) is 69.4 Å². The van der Waals surface area contributed by atoms with E-state index in [-0.39, 0.29) is 5.82 Å². The lowest BCUT2D eigenvalue weighted by molar-refractivity contribution is 0.593. The minimum absolute atomic E-state index is 0.286. The molecule has 0 fully saturated rings. The molecule has 2 rings (SSSR count). The summed E-state index contributed by atoms with van der Waals surface area (Å²) >= 11 is 3.20. The first-order chi connectivity index (χ1) is 9.54. The Bertz CT molecular complexity index is 580. The van der Waals surface area contributed by atoms with Crippen LogP contribution in [0.15, 0.2) is 46.9 Å². The SMILES string of the molecule is CCC(C)c1ccc(C(N)c2cccc(Br)c2F)cc1. The maximum atomic E-state index is 14.1. The quantitative estimate of drug-likeness (QED) is 0.821. The minimum Gasteiger partial charge on any atom is -0.320 e. The van der Waals surface area contributed by atoms with Gasteiger partial charge in [-0.2, -0.15) is 0 Å². The smallest absolute Gasteiger partial charge is 0.142 e. The molecule has 0 saturated carbocycles. The average molecular weight is 336 g/mol. The summed E-state index contributed by atoms with van der Waals surface area (Å²) in [6, 6.07) is 12.9. The molecule has 0 aliphatic rings. The van der Waals surface area contributed by atoms with Crippen LogP contribution in [0.3, 0.4) is 0 Å². The third kappa shape index (κ3) is 3.10. The van der Waals surface area contributed by atoms with Crippen LogP contribution in [-0.2, 0) is 0 Å². The van der Waals surface area contributed by atoms with E-state index in [4.69, 9.17) is 5.73 Å². The van der Waals surface area contributed by atoms with Crippen LogP contribution in [0, 0.1) is 5.82 Å². The molecule has 0 radical (unpaired) electrons. The van der Waals surface area contributed by atoms with E-state index < -0.39 is 6.04 Å². The number of hydrogen-bond donors (Lipinski definition) is 1. The maximum Gasteiger partial charge on any atom is 0.142 e. The predicted octanol–water partition coefficient (Wildman–Crippen LogP) is 5.15. The van der Waals surface area contributed by atoms with Crippen LogP contribution in [0.5, 0.6) is 0 Å². The van der Waals surface area contributed by atoms with Gasteiger partial charge in [-0.15, -0.1) is 0 Å². The molecule has 0 aliphatic carbocycles. The first-order valence-corrected chi connectivity index (χ1v) is 7.63. The van der Waals surface area contributed by atoms with Gasteiger partial charge in [-0.25, -0.2) is 4.39 Å². The van der Waals surface area contributed by atoms with E-state index in [2.05, 4.69) is 41.9 Å². The normalized spacial score (nSPS) is 14.1. The highest BCUT2D eigenvalue weighted by Crippen LogP contribution is 2.28. The fourth-order valence-electron chi connectivity index (χ4n) is 2.21. The third-order valence-electron chi connectivity index (χ3n) is 3.79. The van der Waals surface area contributed by atoms with Crippen LogP contribution in [0.4, 0.5) is 4.39 Å². The highest BCUT2D eigenvalue weighted by atomic mass is 79.9. The van der Waals surface area contributed by atoms with E-state index in [1.807, 2.05) is 12.1 Å². The van der Waals surface area contributed by atoms with E-state index in [0.29, 0.717) is 16.0 Å². The summed E-state index contributed by atoms with van der Waals surface area (Å²) in [7, 11) is 0. The van der Waals surface area contributed by atoms with E-state index in [1.54, 1.807) is 18.2 Å². The van der Waals surface area contributed by atoms with Crippen molar-refractivity contribution in [1.82, 2.24) is 0 Å². The largest absolute Gasteiger partial charge is 0.320 e. The lowest BCUT2D eigenvalue weighted by Gasteiger charge is -2.16. The first kappa shape index (κ1) is 15.2. The van der Waals surface area contributed by atoms with Crippen molar-refractivity contribution < 1.29 is 4.39 Å². The Hall–Kier alpha value is -1.19. The van der Waals surface area contributed by atoms with E-state index in [0.717, 1.165) is 12.0 Å². The number of benzene rings is 2. The van der Waals surface area contributed by atoms with Crippen LogP contribution in [-0.4, -0.2) is 0 Å². The van der Waals surface area contributed by atoms with Gasteiger partial charge in [-0.1, -0.05) is 50.2 Å². The second kappa shape index (κ2) is 6.51. The summed E-state index contributed by atoms with van der Waals surface area (Å²) in [5.41, 5.74) is 8.91. The first-order valence-electron chi connectivity index (χ1n) is 6.84. The molecule has 2 unspecified atom stereocenters. The molecule has 0 bridgehead atoms. The van der Waals surface area contributed by atoms with Crippen molar-refractivity contribution in [3.63, 3.8) is 0 Å². The van der Waals surface area contributed by atoms with Gasteiger partial charge in [0.05, 0.1) is 10.5 Å². The fraction of sp³-hybridized carbons (Fsp3) is 0.294. The molecule has 0 saturated heterocycles. The van der Waals surface area contributed by atoms with Gasteiger partial charge in [0.1, 0.15) is 5.82 Å². The predicted molar refractivity (Wildman–Crippen MR) is 85.3 cm³/mol. The van der Waals surface area contributed by atoms with Gasteiger partial charge in [-0.05, 0) is 45.5 Å². The maximum absolute atomic E-state index is 14.1. The summed E-state index contributed by atoms with van der Waals surface area (Å²) < 4.78 is 14.5. The molecule has 0 aromatic heterocycles. The Morgan fingerprint density at radius 3 is 2.30 bits per heavy atom. The van der Waals surface area contributed by atoms with Crippen LogP contribution in [0.2, 0.25) is 0 Å². The Labute approximate surface area is 128 Å². The standard InChI is InChI=1S/C17H19BrFN/c1-3-11(2)12-7-9-13(10-8-12)17(20)14-5-4-6-15(18)16(14)19/h4-11,17H,3,20H2,1-2H3. The second-order valence-electron chi connectivity index (χ2n) is 5.10. The monoisotopic (exact) mass is 335 g/mol. The van der Waals surface area contributed by atoms with E-state index >= 15 is 0 Å². The molecule has 2 N–H and O–H groups in total. The van der Waals surface area contributed by atoms with Gasteiger partial charge in [-0.3, -0.25) is 0 Å². The lowest BCUT2D eigenvalue weighted by atomic mass is 9.94. The van der Waals surface area contributed by atoms with E-state index in [1.165, 1.54) is 5.56 Å². The minimum atomic E-state index is -0.446. The van der Waals surface area contributed by atoms with Gasteiger partial charge in [0, 0.05) is 5.56 Å². The number of rotatable bonds is 4. The van der Waals surface area contributed by atoms with Crippen LogP contribution < -0.4 is 5.73 Å². The zero-order chi connectivity index (χ0) is 14.7. The molecule has 0 aliphatic heterocycles. The van der Waals surface area contributed by atoms with Crippen molar-refractivity contribution >= 4 is 15.9 Å². The number of halogens is 2. The van der Waals surface area contributed by atoms with Crippen molar-refractivity contribution in [2.75, 3.05) is 0 Å². The lowest BCUT2D eigenvalue weighted by Crippen LogP contribution is -2.14. The Balaban J connectivity index is 2.29. The Kier molecular flexibility index (Phi) is 4.95. The summed E-state index contributed by atoms with van der Waals surface area (Å²) in [4.78, 5) is 0. The fourth-order valence-corrected chi connectivity index (χ4v) is 2.59. The molecular weight excluding hydrogens is 317 g/mol. The van der Waals surface area contributed by atoms with Crippen molar-refractivity contribution in [2.45, 2.75) is 32.2 Å². The molecule has 20 heavy (non-hydrogen) atoms. The highest BCUT2D eigenvalue weighted by molar-refractivity contribution is 9.10. The molecule has 2 aromatic rings. The molecule has 106 valence electrons. The topological polar surface area (TPSA) is 26.0 Å². The molecule has 0 spiro atoms. The number of hydrogen-bond acceptors (Lipinski definition) is 1. The molecule has 1 nitrogen and oxygen atoms in total. The summed E-state index contributed by atoms with van der Waals surface area (Å²) in [5, 5.41) is 0. The average Bonchev–Trinajstić information content (AvgIpc) is 2.48. The summed E-state index contributed by atoms with van der Waals surface area (Å²) in [6.07, 6.45) is 1.10. The third-order valence-corrected chi connectivity index (χ3v) is 4.41. The van der Waals surface area contributed by atoms with Gasteiger partial charge >= 0.3 is 0 Å².